The van der Waals surface area contributed by atoms with Crippen LogP contribution in [0.5, 0.6) is 0 Å². The molecule has 2 saturated carbocycles. The van der Waals surface area contributed by atoms with E-state index in [4.69, 9.17) is 0 Å². The lowest BCUT2D eigenvalue weighted by Gasteiger charge is -2.54. The minimum atomic E-state index is -0.0871. The van der Waals surface area contributed by atoms with E-state index in [1.807, 2.05) is 0 Å². The number of benzene rings is 6. The molecule has 1 spiro atoms. The second-order valence-corrected chi connectivity index (χ2v) is 18.8. The molecule has 6 aromatic rings. The Morgan fingerprint density at radius 2 is 0.981 bits per heavy atom. The Balaban J connectivity index is 1.17. The van der Waals surface area contributed by atoms with Gasteiger partial charge in [0.2, 0.25) is 0 Å². The third kappa shape index (κ3) is 4.11. The molecule has 5 atom stereocenters. The Hall–Kier alpha value is -4.88. The van der Waals surface area contributed by atoms with Crippen LogP contribution in [0.3, 0.4) is 0 Å². The molecular weight excluding hydrogens is 651 g/mol. The highest BCUT2D eigenvalue weighted by Gasteiger charge is 2.57. The number of hydrogen-bond donors (Lipinski definition) is 0. The van der Waals surface area contributed by atoms with E-state index in [1.54, 1.807) is 11.1 Å². The van der Waals surface area contributed by atoms with Crippen LogP contribution in [0, 0.1) is 23.7 Å². The highest BCUT2D eigenvalue weighted by molar-refractivity contribution is 5.97. The zero-order valence-electron chi connectivity index (χ0n) is 32.7. The zero-order valence-corrected chi connectivity index (χ0v) is 32.7. The third-order valence-corrected chi connectivity index (χ3v) is 15.2. The number of anilines is 3. The van der Waals surface area contributed by atoms with Crippen molar-refractivity contribution in [2.75, 3.05) is 4.90 Å². The van der Waals surface area contributed by atoms with E-state index < -0.39 is 0 Å². The molecule has 1 nitrogen and oxygen atoms in total. The summed E-state index contributed by atoms with van der Waals surface area (Å²) in [6.07, 6.45) is 5.40. The molecule has 5 aliphatic carbocycles. The molecule has 0 radical (unpaired) electrons. The summed E-state index contributed by atoms with van der Waals surface area (Å²) >= 11 is 0. The first-order valence-electron chi connectivity index (χ1n) is 20.6. The molecule has 2 bridgehead atoms. The minimum absolute atomic E-state index is 0.0436. The summed E-state index contributed by atoms with van der Waals surface area (Å²) in [5.41, 5.74) is 20.8. The van der Waals surface area contributed by atoms with E-state index in [2.05, 4.69) is 174 Å². The van der Waals surface area contributed by atoms with Gasteiger partial charge in [-0.15, -0.1) is 0 Å². The first-order valence-corrected chi connectivity index (χ1v) is 20.6. The molecule has 0 aliphatic heterocycles. The maximum absolute atomic E-state index is 2.63. The molecular formula is C53H51N. The predicted molar refractivity (Wildman–Crippen MR) is 226 cm³/mol. The van der Waals surface area contributed by atoms with Crippen molar-refractivity contribution in [2.45, 2.75) is 83.5 Å². The van der Waals surface area contributed by atoms with E-state index in [0.717, 1.165) is 11.8 Å². The van der Waals surface area contributed by atoms with Gasteiger partial charge in [-0.3, -0.25) is 0 Å². The van der Waals surface area contributed by atoms with Gasteiger partial charge in [0, 0.05) is 33.2 Å². The van der Waals surface area contributed by atoms with E-state index in [1.165, 1.54) is 98.4 Å². The number of rotatable bonds is 3. The van der Waals surface area contributed by atoms with Crippen molar-refractivity contribution in [3.63, 3.8) is 0 Å². The van der Waals surface area contributed by atoms with Crippen molar-refractivity contribution in [1.82, 2.24) is 0 Å². The zero-order chi connectivity index (χ0) is 36.7. The highest BCUT2D eigenvalue weighted by Crippen LogP contribution is 2.66. The van der Waals surface area contributed by atoms with Crippen molar-refractivity contribution in [3.05, 3.63) is 161 Å². The van der Waals surface area contributed by atoms with Gasteiger partial charge >= 0.3 is 0 Å². The Bertz CT molecular complexity index is 2420. The third-order valence-electron chi connectivity index (χ3n) is 15.2. The SMILES string of the molecule is CC1CC2CC(C)C3(c4ccccc4-c4c(N(c5ccc6c(c5)C(C)(C)c5ccccc5-6)c5ccc6c(c5)C(C)(C)c5ccccc5-6)cccc43)C(C1)C2. The van der Waals surface area contributed by atoms with Gasteiger partial charge < -0.3 is 4.90 Å². The molecule has 5 aliphatic rings. The fourth-order valence-electron chi connectivity index (χ4n) is 13.0. The van der Waals surface area contributed by atoms with E-state index >= 15 is 0 Å². The number of fused-ring (bicyclic) bond motifs is 14. The van der Waals surface area contributed by atoms with Crippen LogP contribution in [0.15, 0.2) is 127 Å². The molecule has 0 saturated heterocycles. The Morgan fingerprint density at radius 1 is 0.463 bits per heavy atom. The van der Waals surface area contributed by atoms with Crippen molar-refractivity contribution in [3.8, 4) is 33.4 Å². The second kappa shape index (κ2) is 11.1. The molecule has 0 amide bonds. The van der Waals surface area contributed by atoms with Crippen molar-refractivity contribution in [2.24, 2.45) is 23.7 Å². The average molecular weight is 702 g/mol. The van der Waals surface area contributed by atoms with Crippen molar-refractivity contribution < 1.29 is 0 Å². The molecule has 268 valence electrons. The van der Waals surface area contributed by atoms with Gasteiger partial charge in [-0.25, -0.2) is 0 Å². The van der Waals surface area contributed by atoms with Crippen LogP contribution in [0.4, 0.5) is 17.1 Å². The maximum atomic E-state index is 2.63. The van der Waals surface area contributed by atoms with Gasteiger partial charge in [0.1, 0.15) is 0 Å². The first-order chi connectivity index (χ1) is 26.1. The van der Waals surface area contributed by atoms with Crippen molar-refractivity contribution >= 4 is 17.1 Å². The second-order valence-electron chi connectivity index (χ2n) is 18.8. The molecule has 6 aromatic carbocycles. The normalized spacial score (nSPS) is 25.7. The van der Waals surface area contributed by atoms with Gasteiger partial charge in [0.25, 0.3) is 0 Å². The van der Waals surface area contributed by atoms with Crippen LogP contribution >= 0.6 is 0 Å². The summed E-state index contributed by atoms with van der Waals surface area (Å²) in [5, 5.41) is 0. The Labute approximate surface area is 322 Å². The minimum Gasteiger partial charge on any atom is -0.310 e. The number of nitrogens with zero attached hydrogens (tertiary/aromatic N) is 1. The average Bonchev–Trinajstić information content (AvgIpc) is 3.70. The molecule has 0 aromatic heterocycles. The summed E-state index contributed by atoms with van der Waals surface area (Å²) in [6.45, 7) is 14.7. The van der Waals surface area contributed by atoms with Crippen molar-refractivity contribution in [1.29, 1.82) is 0 Å². The van der Waals surface area contributed by atoms with Crippen LogP contribution in [0.25, 0.3) is 33.4 Å². The molecule has 0 N–H and O–H groups in total. The summed E-state index contributed by atoms with van der Waals surface area (Å²) in [7, 11) is 0. The highest BCUT2D eigenvalue weighted by atomic mass is 15.1. The van der Waals surface area contributed by atoms with Gasteiger partial charge in [0.15, 0.2) is 0 Å². The molecule has 1 heteroatoms. The molecule has 0 heterocycles. The topological polar surface area (TPSA) is 3.24 Å². The summed E-state index contributed by atoms with van der Waals surface area (Å²) in [5.74, 6) is 2.90. The fourth-order valence-corrected chi connectivity index (χ4v) is 13.0. The lowest BCUT2D eigenvalue weighted by molar-refractivity contribution is 0.0426. The lowest BCUT2D eigenvalue weighted by atomic mass is 9.49. The molecule has 5 unspecified atom stereocenters. The quantitative estimate of drug-likeness (QED) is 0.178. The number of hydrogen-bond acceptors (Lipinski definition) is 1. The predicted octanol–water partition coefficient (Wildman–Crippen LogP) is 14.1. The summed E-state index contributed by atoms with van der Waals surface area (Å²) < 4.78 is 0. The molecule has 2 fully saturated rings. The monoisotopic (exact) mass is 701 g/mol. The van der Waals surface area contributed by atoms with Gasteiger partial charge in [0.05, 0.1) is 5.69 Å². The Morgan fingerprint density at radius 3 is 1.59 bits per heavy atom. The standard InChI is InChI=1S/C53H51N/c1-32-26-34-28-33(2)53(35(27-32)29-34)45-19-12-9-16-42(45)50-46(53)20-13-21-49(50)54(36-22-24-40-38-14-7-10-17-43(38)51(3,4)47(40)30-36)37-23-25-41-39-15-8-11-18-44(39)52(5,6)48(41)31-37/h7-25,30-35H,26-29H2,1-6H3. The maximum Gasteiger partial charge on any atom is 0.0543 e. The van der Waals surface area contributed by atoms with Gasteiger partial charge in [-0.2, -0.15) is 0 Å². The van der Waals surface area contributed by atoms with E-state index in [-0.39, 0.29) is 16.2 Å². The molecule has 11 rings (SSSR count). The summed E-state index contributed by atoms with van der Waals surface area (Å²) in [6, 6.07) is 49.6. The Kier molecular flexibility index (Phi) is 6.69. The molecule has 54 heavy (non-hydrogen) atoms. The summed E-state index contributed by atoms with van der Waals surface area (Å²) in [4.78, 5) is 2.63. The van der Waals surface area contributed by atoms with Crippen LogP contribution in [0.1, 0.15) is 101 Å². The van der Waals surface area contributed by atoms with E-state index in [9.17, 15) is 0 Å². The van der Waals surface area contributed by atoms with Crippen LogP contribution < -0.4 is 4.90 Å². The van der Waals surface area contributed by atoms with Gasteiger partial charge in [-0.05, 0) is 141 Å². The smallest absolute Gasteiger partial charge is 0.0543 e. The lowest BCUT2D eigenvalue weighted by Crippen LogP contribution is -2.49. The van der Waals surface area contributed by atoms with Crippen LogP contribution in [-0.2, 0) is 16.2 Å². The first kappa shape index (κ1) is 32.5. The van der Waals surface area contributed by atoms with Crippen LogP contribution in [0.2, 0.25) is 0 Å². The van der Waals surface area contributed by atoms with E-state index in [0.29, 0.717) is 11.8 Å². The fraction of sp³-hybridized carbons (Fsp3) is 0.321. The largest absolute Gasteiger partial charge is 0.310 e. The van der Waals surface area contributed by atoms with Gasteiger partial charge in [-0.1, -0.05) is 139 Å². The van der Waals surface area contributed by atoms with Crippen LogP contribution in [-0.4, -0.2) is 0 Å².